The molecule has 2 heterocycles. The van der Waals surface area contributed by atoms with Crippen molar-refractivity contribution in [1.29, 1.82) is 0 Å². The Morgan fingerprint density at radius 3 is 2.90 bits per heavy atom. The zero-order valence-electron chi connectivity index (χ0n) is 11.0. The van der Waals surface area contributed by atoms with E-state index in [9.17, 15) is 5.11 Å². The second-order valence-electron chi connectivity index (χ2n) is 4.61. The van der Waals surface area contributed by atoms with Gasteiger partial charge in [0.2, 0.25) is 0 Å². The minimum absolute atomic E-state index is 0.152. The number of pyridine rings is 1. The Morgan fingerprint density at radius 1 is 1.30 bits per heavy atom. The van der Waals surface area contributed by atoms with E-state index in [2.05, 4.69) is 37.4 Å². The molecule has 0 atom stereocenters. The number of fused-ring (bicyclic) bond motifs is 1. The number of hydrogen-bond donors (Lipinski definition) is 1. The Balaban J connectivity index is 2.29. The van der Waals surface area contributed by atoms with Gasteiger partial charge >= 0.3 is 0 Å². The molecule has 0 bridgehead atoms. The van der Waals surface area contributed by atoms with Gasteiger partial charge in [0.25, 0.3) is 0 Å². The zero-order chi connectivity index (χ0) is 14.1. The summed E-state index contributed by atoms with van der Waals surface area (Å²) in [5.41, 5.74) is 2.70. The smallest absolute Gasteiger partial charge is 0.144 e. The Bertz CT molecular complexity index is 767. The van der Waals surface area contributed by atoms with Gasteiger partial charge in [0.15, 0.2) is 0 Å². The van der Waals surface area contributed by atoms with Crippen LogP contribution in [-0.4, -0.2) is 19.6 Å². The molecule has 0 saturated heterocycles. The molecule has 3 aromatic rings. The first-order valence-electron chi connectivity index (χ1n) is 6.50. The summed E-state index contributed by atoms with van der Waals surface area (Å²) in [6, 6.07) is 7.83. The third kappa shape index (κ3) is 2.18. The zero-order valence-corrected chi connectivity index (χ0v) is 12.6. The van der Waals surface area contributed by atoms with Gasteiger partial charge in [-0.05, 0) is 30.7 Å². The normalized spacial score (nSPS) is 11.1. The van der Waals surface area contributed by atoms with Crippen LogP contribution in [0.5, 0.6) is 5.75 Å². The molecule has 0 saturated carbocycles. The lowest BCUT2D eigenvalue weighted by Gasteiger charge is -2.08. The van der Waals surface area contributed by atoms with Crippen molar-refractivity contribution in [3.63, 3.8) is 0 Å². The minimum Gasteiger partial charge on any atom is -0.506 e. The molecule has 0 spiro atoms. The summed E-state index contributed by atoms with van der Waals surface area (Å²) < 4.78 is 3.13. The van der Waals surface area contributed by atoms with E-state index in [1.807, 2.05) is 18.2 Å². The molecule has 0 unspecified atom stereocenters. The number of aromatic hydroxyl groups is 1. The van der Waals surface area contributed by atoms with Crippen molar-refractivity contribution in [2.45, 2.75) is 19.9 Å². The first-order valence-corrected chi connectivity index (χ1v) is 7.29. The molecule has 0 aliphatic carbocycles. The Hall–Kier alpha value is -1.88. The molecule has 1 aromatic carbocycles. The van der Waals surface area contributed by atoms with Crippen molar-refractivity contribution >= 4 is 27.0 Å². The molecule has 0 fully saturated rings. The van der Waals surface area contributed by atoms with Crippen LogP contribution in [0.15, 0.2) is 41.1 Å². The summed E-state index contributed by atoms with van der Waals surface area (Å²) in [5.74, 6) is 0.930. The first-order chi connectivity index (χ1) is 9.70. The van der Waals surface area contributed by atoms with E-state index in [0.717, 1.165) is 34.3 Å². The highest BCUT2D eigenvalue weighted by Gasteiger charge is 2.15. The predicted octanol–water partition coefficient (Wildman–Crippen LogP) is 3.98. The third-order valence-electron chi connectivity index (χ3n) is 3.20. The van der Waals surface area contributed by atoms with Crippen molar-refractivity contribution in [3.05, 3.63) is 41.1 Å². The standard InChI is InChI=1S/C15H14BrN3O/c1-2-7-19-13-4-3-10(16)8-12(13)18-15(19)11-5-6-17-9-14(11)20/h3-6,8-9,20H,2,7H2,1H3. The summed E-state index contributed by atoms with van der Waals surface area (Å²) in [4.78, 5) is 8.59. The molecule has 5 heteroatoms. The first kappa shape index (κ1) is 13.1. The SMILES string of the molecule is CCCn1c(-c2ccncc2O)nc2cc(Br)ccc21. The van der Waals surface area contributed by atoms with Crippen molar-refractivity contribution in [2.24, 2.45) is 0 Å². The van der Waals surface area contributed by atoms with Crippen molar-refractivity contribution in [1.82, 2.24) is 14.5 Å². The Morgan fingerprint density at radius 2 is 2.15 bits per heavy atom. The lowest BCUT2D eigenvalue weighted by atomic mass is 10.2. The maximum absolute atomic E-state index is 10.0. The largest absolute Gasteiger partial charge is 0.506 e. The average molecular weight is 332 g/mol. The molecule has 0 aliphatic rings. The number of hydrogen-bond acceptors (Lipinski definition) is 3. The average Bonchev–Trinajstić information content (AvgIpc) is 2.77. The summed E-state index contributed by atoms with van der Waals surface area (Å²) >= 11 is 3.47. The van der Waals surface area contributed by atoms with Gasteiger partial charge in [-0.15, -0.1) is 0 Å². The Labute approximate surface area is 125 Å². The number of benzene rings is 1. The number of aryl methyl sites for hydroxylation is 1. The fourth-order valence-corrected chi connectivity index (χ4v) is 2.68. The lowest BCUT2D eigenvalue weighted by molar-refractivity contribution is 0.473. The highest BCUT2D eigenvalue weighted by Crippen LogP contribution is 2.31. The number of halogens is 1. The summed E-state index contributed by atoms with van der Waals surface area (Å²) in [6.45, 7) is 2.98. The number of nitrogens with zero attached hydrogens (tertiary/aromatic N) is 3. The van der Waals surface area contributed by atoms with Gasteiger partial charge in [0, 0.05) is 17.2 Å². The van der Waals surface area contributed by atoms with Crippen molar-refractivity contribution in [3.8, 4) is 17.1 Å². The van der Waals surface area contributed by atoms with E-state index in [4.69, 9.17) is 0 Å². The molecule has 0 radical (unpaired) electrons. The van der Waals surface area contributed by atoms with E-state index < -0.39 is 0 Å². The quantitative estimate of drug-likeness (QED) is 0.789. The van der Waals surface area contributed by atoms with Crippen LogP contribution in [0.2, 0.25) is 0 Å². The van der Waals surface area contributed by atoms with Gasteiger partial charge in [-0.1, -0.05) is 22.9 Å². The maximum Gasteiger partial charge on any atom is 0.144 e. The fourth-order valence-electron chi connectivity index (χ4n) is 2.33. The molecule has 2 aromatic heterocycles. The van der Waals surface area contributed by atoms with Gasteiger partial charge in [0.05, 0.1) is 22.8 Å². The van der Waals surface area contributed by atoms with E-state index in [1.165, 1.54) is 6.20 Å². The molecule has 0 amide bonds. The summed E-state index contributed by atoms with van der Waals surface area (Å²) in [5, 5.41) is 10.0. The van der Waals surface area contributed by atoms with Crippen LogP contribution in [0.25, 0.3) is 22.4 Å². The van der Waals surface area contributed by atoms with Crippen LogP contribution < -0.4 is 0 Å². The number of imidazole rings is 1. The van der Waals surface area contributed by atoms with Gasteiger partial charge < -0.3 is 9.67 Å². The van der Waals surface area contributed by atoms with E-state index in [1.54, 1.807) is 12.3 Å². The van der Waals surface area contributed by atoms with Gasteiger partial charge in [-0.25, -0.2) is 4.98 Å². The van der Waals surface area contributed by atoms with Crippen molar-refractivity contribution in [2.75, 3.05) is 0 Å². The van der Waals surface area contributed by atoms with E-state index >= 15 is 0 Å². The van der Waals surface area contributed by atoms with Crippen LogP contribution in [0.4, 0.5) is 0 Å². The topological polar surface area (TPSA) is 50.9 Å². The van der Waals surface area contributed by atoms with Crippen LogP contribution in [0.1, 0.15) is 13.3 Å². The fraction of sp³-hybridized carbons (Fsp3) is 0.200. The third-order valence-corrected chi connectivity index (χ3v) is 3.69. The maximum atomic E-state index is 10.0. The minimum atomic E-state index is 0.152. The molecule has 102 valence electrons. The van der Waals surface area contributed by atoms with Crippen LogP contribution in [0, 0.1) is 0 Å². The summed E-state index contributed by atoms with van der Waals surface area (Å²) in [7, 11) is 0. The molecule has 3 rings (SSSR count). The predicted molar refractivity (Wildman–Crippen MR) is 82.6 cm³/mol. The number of rotatable bonds is 3. The molecule has 0 aliphatic heterocycles. The summed E-state index contributed by atoms with van der Waals surface area (Å²) in [6.07, 6.45) is 4.11. The lowest BCUT2D eigenvalue weighted by Crippen LogP contribution is -1.99. The second kappa shape index (κ2) is 5.25. The van der Waals surface area contributed by atoms with Gasteiger partial charge in [0.1, 0.15) is 11.6 Å². The molecule has 20 heavy (non-hydrogen) atoms. The molecular formula is C15H14BrN3O. The molecular weight excluding hydrogens is 318 g/mol. The van der Waals surface area contributed by atoms with Gasteiger partial charge in [-0.3, -0.25) is 4.98 Å². The van der Waals surface area contributed by atoms with Crippen LogP contribution >= 0.6 is 15.9 Å². The van der Waals surface area contributed by atoms with Gasteiger partial charge in [-0.2, -0.15) is 0 Å². The number of aromatic nitrogens is 3. The van der Waals surface area contributed by atoms with Crippen LogP contribution in [-0.2, 0) is 6.54 Å². The monoisotopic (exact) mass is 331 g/mol. The second-order valence-corrected chi connectivity index (χ2v) is 5.53. The van der Waals surface area contributed by atoms with E-state index in [-0.39, 0.29) is 5.75 Å². The van der Waals surface area contributed by atoms with E-state index in [0.29, 0.717) is 5.56 Å². The highest BCUT2D eigenvalue weighted by molar-refractivity contribution is 9.10. The van der Waals surface area contributed by atoms with Crippen LogP contribution in [0.3, 0.4) is 0 Å². The molecule has 1 N–H and O–H groups in total. The Kier molecular flexibility index (Phi) is 3.44. The van der Waals surface area contributed by atoms with Crippen molar-refractivity contribution < 1.29 is 5.11 Å². The highest BCUT2D eigenvalue weighted by atomic mass is 79.9. The molecule has 4 nitrogen and oxygen atoms in total.